The van der Waals surface area contributed by atoms with Crippen molar-refractivity contribution in [2.24, 2.45) is 0 Å². The summed E-state index contributed by atoms with van der Waals surface area (Å²) in [5.41, 5.74) is 4.18. The van der Waals surface area contributed by atoms with Crippen LogP contribution in [0.5, 0.6) is 0 Å². The zero-order chi connectivity index (χ0) is 19.7. The number of hydrogen-bond acceptors (Lipinski definition) is 4. The zero-order valence-electron chi connectivity index (χ0n) is 15.7. The highest BCUT2D eigenvalue weighted by atomic mass is 35.5. The highest BCUT2D eigenvalue weighted by Gasteiger charge is 2.35. The largest absolute Gasteiger partial charge is 0.372 e. The van der Waals surface area contributed by atoms with Crippen LogP contribution in [0.4, 0.5) is 10.5 Å². The number of halogens is 1. The summed E-state index contributed by atoms with van der Waals surface area (Å²) < 4.78 is 0. The van der Waals surface area contributed by atoms with Crippen molar-refractivity contribution >= 4 is 46.3 Å². The van der Waals surface area contributed by atoms with Crippen molar-refractivity contribution in [1.29, 1.82) is 0 Å². The van der Waals surface area contributed by atoms with E-state index in [9.17, 15) is 9.59 Å². The Morgan fingerprint density at radius 2 is 1.79 bits per heavy atom. The minimum Gasteiger partial charge on any atom is -0.372 e. The van der Waals surface area contributed by atoms with Crippen molar-refractivity contribution in [2.75, 3.05) is 18.0 Å². The molecule has 2 aliphatic rings. The molecule has 2 heterocycles. The quantitative estimate of drug-likeness (QED) is 0.623. The Kier molecular flexibility index (Phi) is 5.47. The maximum atomic E-state index is 12.8. The summed E-state index contributed by atoms with van der Waals surface area (Å²) in [7, 11) is 0. The van der Waals surface area contributed by atoms with Gasteiger partial charge in [-0.05, 0) is 78.6 Å². The van der Waals surface area contributed by atoms with E-state index in [-0.39, 0.29) is 17.7 Å². The molecule has 0 aliphatic carbocycles. The maximum Gasteiger partial charge on any atom is 0.293 e. The molecular formula is C22H21ClN2O2S. The molecule has 2 aromatic carbocycles. The van der Waals surface area contributed by atoms with Crippen molar-refractivity contribution in [3.63, 3.8) is 0 Å². The number of aryl methyl sites for hydroxylation is 1. The molecule has 4 nitrogen and oxygen atoms in total. The Hall–Kier alpha value is -2.24. The molecule has 0 aromatic heterocycles. The van der Waals surface area contributed by atoms with Gasteiger partial charge in [-0.2, -0.15) is 0 Å². The van der Waals surface area contributed by atoms with E-state index < -0.39 is 0 Å². The molecule has 28 heavy (non-hydrogen) atoms. The molecule has 2 saturated heterocycles. The Balaban J connectivity index is 1.52. The predicted octanol–water partition coefficient (Wildman–Crippen LogP) is 5.49. The van der Waals surface area contributed by atoms with Crippen LogP contribution in [0, 0.1) is 6.92 Å². The first kappa shape index (κ1) is 19.1. The van der Waals surface area contributed by atoms with Crippen LogP contribution in [0.3, 0.4) is 0 Å². The number of benzene rings is 2. The molecule has 0 spiro atoms. The van der Waals surface area contributed by atoms with Gasteiger partial charge in [0.15, 0.2) is 0 Å². The van der Waals surface area contributed by atoms with Crippen LogP contribution in [0.25, 0.3) is 6.08 Å². The summed E-state index contributed by atoms with van der Waals surface area (Å²) >= 11 is 6.90. The predicted molar refractivity (Wildman–Crippen MR) is 116 cm³/mol. The van der Waals surface area contributed by atoms with Crippen LogP contribution in [0.1, 0.15) is 29.5 Å². The Morgan fingerprint density at radius 1 is 1.07 bits per heavy atom. The number of carbonyl (C=O) groups excluding carboxylic acids is 2. The van der Waals surface area contributed by atoms with Gasteiger partial charge in [-0.25, -0.2) is 0 Å². The number of imide groups is 1. The fraction of sp³-hybridized carbons (Fsp3) is 0.273. The van der Waals surface area contributed by atoms with E-state index in [1.807, 2.05) is 31.2 Å². The lowest BCUT2D eigenvalue weighted by Gasteiger charge is -2.18. The zero-order valence-corrected chi connectivity index (χ0v) is 17.2. The lowest BCUT2D eigenvalue weighted by atomic mass is 10.1. The van der Waals surface area contributed by atoms with E-state index in [1.54, 1.807) is 12.1 Å². The van der Waals surface area contributed by atoms with E-state index >= 15 is 0 Å². The second-order valence-corrected chi connectivity index (χ2v) is 8.56. The molecule has 2 aliphatic heterocycles. The SMILES string of the molecule is Cc1cc(N2CCCC2)ccc1/C=C1/SC(=O)N(Cc2ccc(Cl)cc2)C1=O. The number of amides is 2. The lowest BCUT2D eigenvalue weighted by molar-refractivity contribution is -0.123. The van der Waals surface area contributed by atoms with E-state index in [4.69, 9.17) is 11.6 Å². The van der Waals surface area contributed by atoms with Crippen LogP contribution < -0.4 is 4.90 Å². The maximum absolute atomic E-state index is 12.8. The normalized spacial score (nSPS) is 18.6. The Labute approximate surface area is 174 Å². The molecule has 4 rings (SSSR count). The van der Waals surface area contributed by atoms with Crippen LogP contribution in [-0.2, 0) is 11.3 Å². The minimum atomic E-state index is -0.243. The topological polar surface area (TPSA) is 40.6 Å². The summed E-state index contributed by atoms with van der Waals surface area (Å²) in [5, 5.41) is 0.392. The molecule has 0 unspecified atom stereocenters. The number of rotatable bonds is 4. The third-order valence-electron chi connectivity index (χ3n) is 5.14. The average Bonchev–Trinajstić information content (AvgIpc) is 3.30. The summed E-state index contributed by atoms with van der Waals surface area (Å²) in [6.07, 6.45) is 4.30. The van der Waals surface area contributed by atoms with E-state index in [0.29, 0.717) is 9.93 Å². The highest BCUT2D eigenvalue weighted by molar-refractivity contribution is 8.18. The fourth-order valence-corrected chi connectivity index (χ4v) is 4.50. The monoisotopic (exact) mass is 412 g/mol. The van der Waals surface area contributed by atoms with Gasteiger partial charge in [0.1, 0.15) is 0 Å². The first-order valence-corrected chi connectivity index (χ1v) is 10.6. The number of nitrogens with zero attached hydrogens (tertiary/aromatic N) is 2. The second kappa shape index (κ2) is 8.02. The molecule has 0 radical (unpaired) electrons. The van der Waals surface area contributed by atoms with Crippen molar-refractivity contribution in [3.8, 4) is 0 Å². The highest BCUT2D eigenvalue weighted by Crippen LogP contribution is 2.34. The first-order chi connectivity index (χ1) is 13.5. The Bertz CT molecular complexity index is 950. The molecule has 2 aromatic rings. The summed E-state index contributed by atoms with van der Waals surface area (Å²) in [4.78, 5) is 29.3. The third-order valence-corrected chi connectivity index (χ3v) is 6.30. The van der Waals surface area contributed by atoms with Gasteiger partial charge in [0.2, 0.25) is 0 Å². The number of carbonyl (C=O) groups is 2. The summed E-state index contributed by atoms with van der Waals surface area (Å²) in [5.74, 6) is -0.243. The number of hydrogen-bond donors (Lipinski definition) is 0. The van der Waals surface area contributed by atoms with Crippen molar-refractivity contribution < 1.29 is 9.59 Å². The van der Waals surface area contributed by atoms with Crippen LogP contribution in [-0.4, -0.2) is 29.1 Å². The molecule has 0 N–H and O–H groups in total. The molecule has 2 fully saturated rings. The molecule has 144 valence electrons. The number of thioether (sulfide) groups is 1. The molecule has 0 bridgehead atoms. The average molecular weight is 413 g/mol. The van der Waals surface area contributed by atoms with E-state index in [2.05, 4.69) is 17.0 Å². The van der Waals surface area contributed by atoms with Crippen molar-refractivity contribution in [3.05, 3.63) is 69.1 Å². The number of anilines is 1. The third kappa shape index (κ3) is 3.96. The smallest absolute Gasteiger partial charge is 0.293 e. The Morgan fingerprint density at radius 3 is 2.46 bits per heavy atom. The summed E-state index contributed by atoms with van der Waals surface area (Å²) in [6.45, 7) is 4.50. The molecular weight excluding hydrogens is 392 g/mol. The van der Waals surface area contributed by atoms with Gasteiger partial charge in [-0.3, -0.25) is 14.5 Å². The fourth-order valence-electron chi connectivity index (χ4n) is 3.54. The molecule has 0 atom stereocenters. The van der Waals surface area contributed by atoms with Gasteiger partial charge in [-0.1, -0.05) is 29.8 Å². The van der Waals surface area contributed by atoms with Crippen LogP contribution in [0.2, 0.25) is 5.02 Å². The van der Waals surface area contributed by atoms with Gasteiger partial charge in [0.05, 0.1) is 11.4 Å². The van der Waals surface area contributed by atoms with Gasteiger partial charge < -0.3 is 4.90 Å². The van der Waals surface area contributed by atoms with Gasteiger partial charge in [0.25, 0.3) is 11.1 Å². The van der Waals surface area contributed by atoms with Crippen molar-refractivity contribution in [1.82, 2.24) is 4.90 Å². The minimum absolute atomic E-state index is 0.238. The van der Waals surface area contributed by atoms with Crippen LogP contribution in [0.15, 0.2) is 47.4 Å². The molecule has 2 amide bonds. The van der Waals surface area contributed by atoms with Crippen molar-refractivity contribution in [2.45, 2.75) is 26.3 Å². The summed E-state index contributed by atoms with van der Waals surface area (Å²) in [6, 6.07) is 13.5. The molecule has 6 heteroatoms. The molecule has 0 saturated carbocycles. The second-order valence-electron chi connectivity index (χ2n) is 7.13. The van der Waals surface area contributed by atoms with E-state index in [1.165, 1.54) is 23.4 Å². The van der Waals surface area contributed by atoms with Crippen LogP contribution >= 0.6 is 23.4 Å². The van der Waals surface area contributed by atoms with Gasteiger partial charge in [0, 0.05) is 23.8 Å². The lowest BCUT2D eigenvalue weighted by Crippen LogP contribution is -2.27. The van der Waals surface area contributed by atoms with Gasteiger partial charge >= 0.3 is 0 Å². The van der Waals surface area contributed by atoms with E-state index in [0.717, 1.165) is 41.5 Å². The standard InChI is InChI=1S/C22H21ClN2O2S/c1-15-12-19(24-10-2-3-11-24)9-6-17(15)13-20-21(26)25(22(27)28-20)14-16-4-7-18(23)8-5-16/h4-9,12-13H,2-3,10-11,14H2,1H3/b20-13+. The van der Waals surface area contributed by atoms with Gasteiger partial charge in [-0.15, -0.1) is 0 Å². The first-order valence-electron chi connectivity index (χ1n) is 9.37.